The van der Waals surface area contributed by atoms with Crippen LogP contribution in [0.15, 0.2) is 65.8 Å². The maximum Gasteiger partial charge on any atom is 0.261 e. The first-order valence-electron chi connectivity index (χ1n) is 16.9. The number of rotatable bonds is 7. The third-order valence-electron chi connectivity index (χ3n) is 8.96. The van der Waals surface area contributed by atoms with Crippen LogP contribution in [0.4, 0.5) is 0 Å². The first-order chi connectivity index (χ1) is 23.7. The summed E-state index contributed by atoms with van der Waals surface area (Å²) in [5.74, 6) is 0.695. The molecule has 4 heterocycles. The molecular formula is C36H43N9O4. The van der Waals surface area contributed by atoms with Gasteiger partial charge in [0, 0.05) is 56.0 Å². The average molecular weight is 666 g/mol. The Balaban J connectivity index is 1.25. The summed E-state index contributed by atoms with van der Waals surface area (Å²) in [6.45, 7) is 7.15. The van der Waals surface area contributed by atoms with Crippen LogP contribution in [0.2, 0.25) is 0 Å². The summed E-state index contributed by atoms with van der Waals surface area (Å²) in [6, 6.07) is 13.7. The molecule has 1 aliphatic rings. The Bertz CT molecular complexity index is 2030. The van der Waals surface area contributed by atoms with Crippen molar-refractivity contribution in [2.24, 2.45) is 5.92 Å². The number of hydrogen-bond acceptors (Lipinski definition) is 7. The van der Waals surface area contributed by atoms with E-state index in [-0.39, 0.29) is 48.6 Å². The number of carbonyl (C=O) groups excluding carboxylic acids is 3. The second kappa shape index (κ2) is 14.8. The number of amides is 3. The van der Waals surface area contributed by atoms with E-state index in [2.05, 4.69) is 39.5 Å². The lowest BCUT2D eigenvalue weighted by molar-refractivity contribution is -0.132. The highest BCUT2D eigenvalue weighted by Gasteiger charge is 2.29. The van der Waals surface area contributed by atoms with Crippen molar-refractivity contribution >= 4 is 39.5 Å². The predicted molar refractivity (Wildman–Crippen MR) is 185 cm³/mol. The molecule has 1 aliphatic heterocycles. The van der Waals surface area contributed by atoms with Gasteiger partial charge in [0.05, 0.1) is 29.8 Å². The van der Waals surface area contributed by atoms with E-state index >= 15 is 0 Å². The number of aromatic nitrogens is 6. The summed E-state index contributed by atoms with van der Waals surface area (Å²) < 4.78 is 3.24. The molecule has 0 saturated heterocycles. The van der Waals surface area contributed by atoms with Crippen molar-refractivity contribution in [3.8, 4) is 0 Å². The minimum Gasteiger partial charge on any atom is -0.361 e. The van der Waals surface area contributed by atoms with Gasteiger partial charge in [-0.3, -0.25) is 23.7 Å². The Hall–Kier alpha value is -5.33. The molecule has 0 aliphatic carbocycles. The lowest BCUT2D eigenvalue weighted by Crippen LogP contribution is -2.49. The first kappa shape index (κ1) is 33.6. The van der Waals surface area contributed by atoms with Crippen LogP contribution in [0, 0.1) is 12.8 Å². The zero-order chi connectivity index (χ0) is 34.5. The van der Waals surface area contributed by atoms with Crippen LogP contribution in [-0.4, -0.2) is 71.1 Å². The summed E-state index contributed by atoms with van der Waals surface area (Å²) in [5.41, 5.74) is 2.30. The second-order valence-electron chi connectivity index (χ2n) is 13.1. The van der Waals surface area contributed by atoms with Crippen molar-refractivity contribution in [2.75, 3.05) is 13.1 Å². The number of hydrogen-bond donors (Lipinski definition) is 3. The Morgan fingerprint density at radius 1 is 0.959 bits per heavy atom. The predicted octanol–water partition coefficient (Wildman–Crippen LogP) is 3.42. The smallest absolute Gasteiger partial charge is 0.261 e. The van der Waals surface area contributed by atoms with Crippen LogP contribution >= 0.6 is 0 Å². The van der Waals surface area contributed by atoms with Gasteiger partial charge >= 0.3 is 0 Å². The topological polar surface area (TPSA) is 160 Å². The quantitative estimate of drug-likeness (QED) is 0.240. The number of nitrogens with one attached hydrogen (secondary N) is 3. The van der Waals surface area contributed by atoms with Crippen molar-refractivity contribution in [1.82, 2.24) is 44.8 Å². The Morgan fingerprint density at radius 2 is 1.73 bits per heavy atom. The molecule has 0 fully saturated rings. The molecule has 3 aromatic heterocycles. The molecule has 5 aromatic rings. The van der Waals surface area contributed by atoms with E-state index < -0.39 is 12.1 Å². The molecule has 0 unspecified atom stereocenters. The van der Waals surface area contributed by atoms with E-state index in [0.717, 1.165) is 16.5 Å². The highest BCUT2D eigenvalue weighted by molar-refractivity contribution is 5.90. The van der Waals surface area contributed by atoms with Crippen molar-refractivity contribution in [2.45, 2.75) is 78.0 Å². The summed E-state index contributed by atoms with van der Waals surface area (Å²) in [7, 11) is 0. The highest BCUT2D eigenvalue weighted by Crippen LogP contribution is 2.23. The summed E-state index contributed by atoms with van der Waals surface area (Å²) in [5, 5.41) is 12.3. The van der Waals surface area contributed by atoms with Gasteiger partial charge < -0.3 is 20.5 Å². The van der Waals surface area contributed by atoms with E-state index in [0.29, 0.717) is 61.4 Å². The van der Waals surface area contributed by atoms with Gasteiger partial charge in [-0.15, -0.1) is 0 Å². The normalized spacial score (nSPS) is 17.9. The summed E-state index contributed by atoms with van der Waals surface area (Å²) in [6.07, 6.45) is 4.89. The van der Waals surface area contributed by atoms with Gasteiger partial charge in [0.25, 0.3) is 5.56 Å². The minimum absolute atomic E-state index is 0.0914. The molecule has 256 valence electrons. The van der Waals surface area contributed by atoms with E-state index in [1.54, 1.807) is 34.7 Å². The molecule has 3 amide bonds. The third kappa shape index (κ3) is 7.87. The molecule has 0 saturated carbocycles. The Morgan fingerprint density at radius 3 is 2.55 bits per heavy atom. The number of fused-ring (bicyclic) bond motifs is 3. The molecule has 13 nitrogen and oxygen atoms in total. The van der Waals surface area contributed by atoms with Gasteiger partial charge in [-0.2, -0.15) is 5.10 Å². The molecule has 2 aromatic carbocycles. The van der Waals surface area contributed by atoms with E-state index in [9.17, 15) is 19.2 Å². The molecule has 49 heavy (non-hydrogen) atoms. The molecular weight excluding hydrogens is 622 g/mol. The monoisotopic (exact) mass is 665 g/mol. The van der Waals surface area contributed by atoms with Crippen molar-refractivity contribution in [3.63, 3.8) is 0 Å². The SMILES string of the molecule is Cc1nc2n(n1)CCN(C(=O)CCn1cnc3ccccc3c1=O)CCCC(=O)N[C@H](Cc1c[nH]c3ccccc13)C(=O)N[C@H]2CC(C)C. The zero-order valence-corrected chi connectivity index (χ0v) is 28.2. The molecule has 6 rings (SSSR count). The Kier molecular flexibility index (Phi) is 10.2. The van der Waals surface area contributed by atoms with Crippen LogP contribution in [-0.2, 0) is 33.9 Å². The summed E-state index contributed by atoms with van der Waals surface area (Å²) in [4.78, 5) is 68.0. The standard InChI is InChI=1S/C36H43N9O4/c1-23(2)19-30-34-39-24(3)42-45(34)18-17-43(33(47)14-16-44-22-38-29-12-7-5-10-27(29)36(44)49)15-8-13-32(46)40-31(35(48)41-30)20-25-21-37-28-11-6-4-9-26(25)28/h4-7,9-12,21-23,30-31,37H,8,13-20H2,1-3H3,(H,40,46)(H,41,48)/t30-,31+/m0/s1. The molecule has 2 atom stereocenters. The number of para-hydroxylation sites is 2. The molecule has 0 radical (unpaired) electrons. The number of H-pyrrole nitrogens is 1. The average Bonchev–Trinajstić information content (AvgIpc) is 3.67. The van der Waals surface area contributed by atoms with E-state index in [1.807, 2.05) is 36.5 Å². The molecule has 0 bridgehead atoms. The van der Waals surface area contributed by atoms with Gasteiger partial charge in [0.2, 0.25) is 17.7 Å². The fourth-order valence-electron chi connectivity index (χ4n) is 6.51. The molecule has 3 N–H and O–H groups in total. The number of benzene rings is 2. The second-order valence-corrected chi connectivity index (χ2v) is 13.1. The van der Waals surface area contributed by atoms with E-state index in [4.69, 9.17) is 4.98 Å². The lowest BCUT2D eigenvalue weighted by atomic mass is 10.0. The Labute approximate surface area is 284 Å². The van der Waals surface area contributed by atoms with Crippen molar-refractivity contribution in [1.29, 1.82) is 0 Å². The van der Waals surface area contributed by atoms with Crippen molar-refractivity contribution in [3.05, 3.63) is 88.6 Å². The van der Waals surface area contributed by atoms with E-state index in [1.165, 1.54) is 10.9 Å². The van der Waals surface area contributed by atoms with Gasteiger partial charge in [-0.25, -0.2) is 14.6 Å². The van der Waals surface area contributed by atoms with Gasteiger partial charge in [-0.1, -0.05) is 44.2 Å². The van der Waals surface area contributed by atoms with Gasteiger partial charge in [0.15, 0.2) is 0 Å². The minimum atomic E-state index is -0.826. The van der Waals surface area contributed by atoms with Crippen LogP contribution in [0.5, 0.6) is 0 Å². The number of aryl methyl sites for hydroxylation is 2. The third-order valence-corrected chi connectivity index (χ3v) is 8.96. The highest BCUT2D eigenvalue weighted by atomic mass is 16.2. The maximum absolute atomic E-state index is 14.0. The first-order valence-corrected chi connectivity index (χ1v) is 16.9. The van der Waals surface area contributed by atoms with Crippen LogP contribution in [0.25, 0.3) is 21.8 Å². The zero-order valence-electron chi connectivity index (χ0n) is 28.2. The van der Waals surface area contributed by atoms with Gasteiger partial charge in [-0.05, 0) is 49.4 Å². The van der Waals surface area contributed by atoms with Crippen LogP contribution in [0.1, 0.15) is 62.8 Å². The molecule has 13 heteroatoms. The van der Waals surface area contributed by atoms with Crippen LogP contribution < -0.4 is 16.2 Å². The largest absolute Gasteiger partial charge is 0.361 e. The lowest BCUT2D eigenvalue weighted by Gasteiger charge is -2.27. The number of nitrogens with zero attached hydrogens (tertiary/aromatic N) is 6. The fraction of sp³-hybridized carbons (Fsp3) is 0.417. The maximum atomic E-state index is 14.0. The van der Waals surface area contributed by atoms with Gasteiger partial charge in [0.1, 0.15) is 17.7 Å². The number of carbonyl (C=O) groups is 3. The molecule has 0 spiro atoms. The fourth-order valence-corrected chi connectivity index (χ4v) is 6.51. The van der Waals surface area contributed by atoms with Crippen molar-refractivity contribution < 1.29 is 14.4 Å². The summed E-state index contributed by atoms with van der Waals surface area (Å²) >= 11 is 0. The number of aromatic amines is 1. The van der Waals surface area contributed by atoms with Crippen LogP contribution in [0.3, 0.4) is 0 Å².